The molecule has 0 unspecified atom stereocenters. The number of hydrogen-bond donors (Lipinski definition) is 1. The highest BCUT2D eigenvalue weighted by atomic mass is 32.2. The van der Waals surface area contributed by atoms with Crippen molar-refractivity contribution >= 4 is 16.0 Å². The SMILES string of the molecule is CCOCCNC(=NC)N1CCN(S(=O)(=O)Cc2ccon2)CC1. The number of nitrogens with zero attached hydrogens (tertiary/aromatic N) is 4. The van der Waals surface area contributed by atoms with Gasteiger partial charge in [0.1, 0.15) is 12.0 Å². The van der Waals surface area contributed by atoms with Crippen LogP contribution >= 0.6 is 0 Å². The Labute approximate surface area is 142 Å². The van der Waals surface area contributed by atoms with E-state index in [2.05, 4.69) is 15.5 Å². The Balaban J connectivity index is 1.83. The molecular weight excluding hydrogens is 334 g/mol. The molecule has 24 heavy (non-hydrogen) atoms. The van der Waals surface area contributed by atoms with Crippen LogP contribution in [-0.4, -0.2) is 81.7 Å². The highest BCUT2D eigenvalue weighted by Gasteiger charge is 2.28. The van der Waals surface area contributed by atoms with Crippen LogP contribution < -0.4 is 5.32 Å². The minimum absolute atomic E-state index is 0.134. The lowest BCUT2D eigenvalue weighted by Gasteiger charge is -2.35. The average molecular weight is 359 g/mol. The third-order valence-corrected chi connectivity index (χ3v) is 5.51. The second-order valence-corrected chi connectivity index (χ2v) is 7.27. The van der Waals surface area contributed by atoms with Crippen LogP contribution in [-0.2, 0) is 20.5 Å². The maximum absolute atomic E-state index is 12.4. The van der Waals surface area contributed by atoms with E-state index in [1.807, 2.05) is 11.8 Å². The number of aromatic nitrogens is 1. The summed E-state index contributed by atoms with van der Waals surface area (Å²) in [6, 6.07) is 1.57. The molecular formula is C14H25N5O4S. The summed E-state index contributed by atoms with van der Waals surface area (Å²) < 4.78 is 36.3. The number of aliphatic imine (C=N–C) groups is 1. The van der Waals surface area contributed by atoms with Crippen molar-refractivity contribution < 1.29 is 17.7 Å². The van der Waals surface area contributed by atoms with E-state index in [0.717, 1.165) is 5.96 Å². The van der Waals surface area contributed by atoms with Crippen LogP contribution in [0.1, 0.15) is 12.6 Å². The fourth-order valence-electron chi connectivity index (χ4n) is 2.48. The molecule has 1 N–H and O–H groups in total. The molecule has 9 nitrogen and oxygen atoms in total. The normalized spacial score (nSPS) is 17.2. The number of hydrogen-bond acceptors (Lipinski definition) is 6. The van der Waals surface area contributed by atoms with Crippen molar-refractivity contribution in [2.45, 2.75) is 12.7 Å². The second kappa shape index (κ2) is 9.00. The van der Waals surface area contributed by atoms with E-state index in [-0.39, 0.29) is 5.75 Å². The van der Waals surface area contributed by atoms with Crippen LogP contribution in [0.2, 0.25) is 0 Å². The first-order chi connectivity index (χ1) is 11.6. The predicted molar refractivity (Wildman–Crippen MR) is 90.1 cm³/mol. The van der Waals surface area contributed by atoms with Crippen LogP contribution in [0.3, 0.4) is 0 Å². The van der Waals surface area contributed by atoms with Crippen molar-refractivity contribution in [2.24, 2.45) is 4.99 Å². The maximum Gasteiger partial charge on any atom is 0.220 e. The van der Waals surface area contributed by atoms with Crippen molar-refractivity contribution in [1.29, 1.82) is 0 Å². The molecule has 1 aliphatic rings. The summed E-state index contributed by atoms with van der Waals surface area (Å²) in [6.07, 6.45) is 1.38. The summed E-state index contributed by atoms with van der Waals surface area (Å²) in [7, 11) is -1.66. The predicted octanol–water partition coefficient (Wildman–Crippen LogP) is -0.266. The highest BCUT2D eigenvalue weighted by Crippen LogP contribution is 2.12. The van der Waals surface area contributed by atoms with Crippen molar-refractivity contribution in [3.05, 3.63) is 18.0 Å². The maximum atomic E-state index is 12.4. The Morgan fingerprint density at radius 2 is 2.17 bits per heavy atom. The van der Waals surface area contributed by atoms with Gasteiger partial charge < -0.3 is 19.5 Å². The average Bonchev–Trinajstić information content (AvgIpc) is 3.07. The molecule has 0 aromatic carbocycles. The quantitative estimate of drug-likeness (QED) is 0.406. The number of sulfonamides is 1. The van der Waals surface area contributed by atoms with E-state index in [4.69, 9.17) is 9.26 Å². The molecule has 2 rings (SSSR count). The lowest BCUT2D eigenvalue weighted by molar-refractivity contribution is 0.151. The largest absolute Gasteiger partial charge is 0.380 e. The number of rotatable bonds is 7. The summed E-state index contributed by atoms with van der Waals surface area (Å²) in [4.78, 5) is 6.29. The summed E-state index contributed by atoms with van der Waals surface area (Å²) in [5, 5.41) is 6.89. The fraction of sp³-hybridized carbons (Fsp3) is 0.714. The van der Waals surface area contributed by atoms with Crippen LogP contribution in [0.4, 0.5) is 0 Å². The van der Waals surface area contributed by atoms with E-state index in [9.17, 15) is 8.42 Å². The van der Waals surface area contributed by atoms with Crippen molar-refractivity contribution in [2.75, 3.05) is 53.0 Å². The summed E-state index contributed by atoms with van der Waals surface area (Å²) in [5.74, 6) is 0.633. The molecule has 10 heteroatoms. The van der Waals surface area contributed by atoms with Gasteiger partial charge in [-0.25, -0.2) is 8.42 Å². The molecule has 0 radical (unpaired) electrons. The first-order valence-electron chi connectivity index (χ1n) is 7.97. The lowest BCUT2D eigenvalue weighted by atomic mass is 10.4. The summed E-state index contributed by atoms with van der Waals surface area (Å²) >= 11 is 0. The van der Waals surface area contributed by atoms with E-state index in [1.165, 1.54) is 10.6 Å². The topological polar surface area (TPSA) is 100 Å². The minimum atomic E-state index is -3.38. The van der Waals surface area contributed by atoms with Gasteiger partial charge in [-0.1, -0.05) is 5.16 Å². The van der Waals surface area contributed by atoms with Gasteiger partial charge in [-0.2, -0.15) is 4.31 Å². The smallest absolute Gasteiger partial charge is 0.220 e. The zero-order chi connectivity index (χ0) is 17.4. The molecule has 2 heterocycles. The molecule has 1 saturated heterocycles. The van der Waals surface area contributed by atoms with E-state index in [1.54, 1.807) is 13.1 Å². The molecule has 1 aromatic rings. The molecule has 0 aliphatic carbocycles. The molecule has 1 fully saturated rings. The molecule has 1 aliphatic heterocycles. The molecule has 0 saturated carbocycles. The third kappa shape index (κ3) is 5.18. The monoisotopic (exact) mass is 359 g/mol. The molecule has 0 atom stereocenters. The van der Waals surface area contributed by atoms with Crippen LogP contribution in [0.15, 0.2) is 21.8 Å². The number of ether oxygens (including phenoxy) is 1. The van der Waals surface area contributed by atoms with Gasteiger partial charge in [-0.15, -0.1) is 0 Å². The van der Waals surface area contributed by atoms with Crippen molar-refractivity contribution in [1.82, 2.24) is 19.7 Å². The standard InChI is InChI=1S/C14H25N5O4S/c1-3-22-11-5-16-14(15-2)18-6-8-19(9-7-18)24(20,21)12-13-4-10-23-17-13/h4,10H,3,5-9,11-12H2,1-2H3,(H,15,16). The Morgan fingerprint density at radius 3 is 2.75 bits per heavy atom. The number of piperazine rings is 1. The first-order valence-corrected chi connectivity index (χ1v) is 9.58. The van der Waals surface area contributed by atoms with Gasteiger partial charge in [0.2, 0.25) is 10.0 Å². The van der Waals surface area contributed by atoms with Gasteiger partial charge in [-0.05, 0) is 6.92 Å². The van der Waals surface area contributed by atoms with Gasteiger partial charge in [0.05, 0.1) is 12.3 Å². The Bertz CT molecular complexity index is 609. The van der Waals surface area contributed by atoms with Gasteiger partial charge >= 0.3 is 0 Å². The Morgan fingerprint density at radius 1 is 1.42 bits per heavy atom. The highest BCUT2D eigenvalue weighted by molar-refractivity contribution is 7.88. The van der Waals surface area contributed by atoms with Crippen LogP contribution in [0, 0.1) is 0 Å². The van der Waals surface area contributed by atoms with Gasteiger partial charge in [-0.3, -0.25) is 4.99 Å². The van der Waals surface area contributed by atoms with E-state index >= 15 is 0 Å². The summed E-state index contributed by atoms with van der Waals surface area (Å²) in [6.45, 7) is 5.94. The van der Waals surface area contributed by atoms with Gasteiger partial charge in [0.25, 0.3) is 0 Å². The molecule has 0 spiro atoms. The number of guanidine groups is 1. The minimum Gasteiger partial charge on any atom is -0.380 e. The van der Waals surface area contributed by atoms with Crippen molar-refractivity contribution in [3.8, 4) is 0 Å². The molecule has 0 amide bonds. The third-order valence-electron chi connectivity index (χ3n) is 3.70. The van der Waals surface area contributed by atoms with Crippen LogP contribution in [0.5, 0.6) is 0 Å². The molecule has 0 bridgehead atoms. The number of nitrogens with one attached hydrogen (secondary N) is 1. The van der Waals surface area contributed by atoms with Crippen molar-refractivity contribution in [3.63, 3.8) is 0 Å². The van der Waals surface area contributed by atoms with Gasteiger partial charge in [0.15, 0.2) is 5.96 Å². The van der Waals surface area contributed by atoms with Crippen LogP contribution in [0.25, 0.3) is 0 Å². The van der Waals surface area contributed by atoms with Gasteiger partial charge in [0, 0.05) is 52.4 Å². The molecule has 1 aromatic heterocycles. The molecule has 136 valence electrons. The Kier molecular flexibility index (Phi) is 7.00. The zero-order valence-electron chi connectivity index (χ0n) is 14.1. The lowest BCUT2D eigenvalue weighted by Crippen LogP contribution is -2.54. The first kappa shape index (κ1) is 18.7. The van der Waals surface area contributed by atoms with E-state index < -0.39 is 10.0 Å². The Hall–Kier alpha value is -1.65. The zero-order valence-corrected chi connectivity index (χ0v) is 15.0. The van der Waals surface area contributed by atoms with E-state index in [0.29, 0.717) is 51.6 Å². The summed E-state index contributed by atoms with van der Waals surface area (Å²) in [5.41, 5.74) is 0.422. The second-order valence-electron chi connectivity index (χ2n) is 5.30. The fourth-order valence-corrected chi connectivity index (χ4v) is 3.90.